The Hall–Kier alpha value is -2.11. The number of rotatable bonds is 2. The quantitative estimate of drug-likeness (QED) is 0.914. The highest BCUT2D eigenvalue weighted by Gasteiger charge is 2.34. The first-order valence-electron chi connectivity index (χ1n) is 6.49. The Kier molecular flexibility index (Phi) is 3.89. The van der Waals surface area contributed by atoms with Crippen molar-refractivity contribution in [2.75, 3.05) is 0 Å². The van der Waals surface area contributed by atoms with E-state index < -0.39 is 17.3 Å². The van der Waals surface area contributed by atoms with E-state index in [9.17, 15) is 18.0 Å². The molecular weight excluding hydrogens is 281 g/mol. The largest absolute Gasteiger partial charge is 0.417 e. The van der Waals surface area contributed by atoms with Gasteiger partial charge in [-0.25, -0.2) is 4.98 Å². The molecule has 2 rings (SSSR count). The molecule has 0 aliphatic heterocycles. The van der Waals surface area contributed by atoms with Gasteiger partial charge in [0.25, 0.3) is 5.56 Å². The smallest absolute Gasteiger partial charge is 0.310 e. The molecule has 0 saturated heterocycles. The highest BCUT2D eigenvalue weighted by Crippen LogP contribution is 2.36. The standard InChI is InChI=1S/C15H15F3N2O/c1-8(2)13-19-12(9(3)14(21)20-13)10-6-4-5-7-11(10)15(16,17)18/h4-8H,1-3H3,(H,19,20,21). The topological polar surface area (TPSA) is 45.8 Å². The molecule has 6 heteroatoms. The lowest BCUT2D eigenvalue weighted by atomic mass is 10.0. The maximum atomic E-state index is 13.1. The molecule has 0 saturated carbocycles. The first kappa shape index (κ1) is 15.3. The van der Waals surface area contributed by atoms with Gasteiger partial charge in [-0.3, -0.25) is 4.79 Å². The van der Waals surface area contributed by atoms with Crippen LogP contribution in [-0.2, 0) is 6.18 Å². The SMILES string of the molecule is Cc1c(-c2ccccc2C(F)(F)F)nc(C(C)C)[nH]c1=O. The van der Waals surface area contributed by atoms with Crippen molar-refractivity contribution in [3.05, 3.63) is 51.6 Å². The number of H-pyrrole nitrogens is 1. The molecule has 0 fully saturated rings. The summed E-state index contributed by atoms with van der Waals surface area (Å²) in [6.45, 7) is 5.10. The van der Waals surface area contributed by atoms with E-state index in [-0.39, 0.29) is 22.7 Å². The molecule has 1 aromatic heterocycles. The summed E-state index contributed by atoms with van der Waals surface area (Å²) in [5, 5.41) is 0. The Balaban J connectivity index is 2.76. The summed E-state index contributed by atoms with van der Waals surface area (Å²) >= 11 is 0. The van der Waals surface area contributed by atoms with E-state index in [0.717, 1.165) is 6.07 Å². The lowest BCUT2D eigenvalue weighted by Gasteiger charge is -2.15. The van der Waals surface area contributed by atoms with Crippen molar-refractivity contribution in [2.24, 2.45) is 0 Å². The van der Waals surface area contributed by atoms with Crippen LogP contribution in [0.2, 0.25) is 0 Å². The molecular formula is C15H15F3N2O. The molecule has 0 radical (unpaired) electrons. The molecule has 1 heterocycles. The van der Waals surface area contributed by atoms with Crippen LogP contribution >= 0.6 is 0 Å². The molecule has 1 N–H and O–H groups in total. The zero-order chi connectivity index (χ0) is 15.8. The summed E-state index contributed by atoms with van der Waals surface area (Å²) in [7, 11) is 0. The van der Waals surface area contributed by atoms with E-state index in [0.29, 0.717) is 5.82 Å². The van der Waals surface area contributed by atoms with Gasteiger partial charge < -0.3 is 4.98 Å². The summed E-state index contributed by atoms with van der Waals surface area (Å²) in [5.74, 6) is 0.285. The average Bonchev–Trinajstić information content (AvgIpc) is 2.40. The van der Waals surface area contributed by atoms with E-state index in [2.05, 4.69) is 9.97 Å². The molecule has 112 valence electrons. The minimum Gasteiger partial charge on any atom is -0.310 e. The van der Waals surface area contributed by atoms with Gasteiger partial charge in [-0.05, 0) is 13.0 Å². The fraction of sp³-hybridized carbons (Fsp3) is 0.333. The molecule has 0 bridgehead atoms. The van der Waals surface area contributed by atoms with Crippen LogP contribution in [0.5, 0.6) is 0 Å². The number of hydrogen-bond acceptors (Lipinski definition) is 2. The van der Waals surface area contributed by atoms with Crippen molar-refractivity contribution in [1.82, 2.24) is 9.97 Å². The van der Waals surface area contributed by atoms with Gasteiger partial charge in [-0.15, -0.1) is 0 Å². The summed E-state index contributed by atoms with van der Waals surface area (Å²) in [6.07, 6.45) is -4.49. The molecule has 0 amide bonds. The van der Waals surface area contributed by atoms with Crippen LogP contribution in [0.4, 0.5) is 13.2 Å². The minimum atomic E-state index is -4.49. The number of nitrogens with zero attached hydrogens (tertiary/aromatic N) is 1. The molecule has 3 nitrogen and oxygen atoms in total. The number of aromatic amines is 1. The van der Waals surface area contributed by atoms with Gasteiger partial charge in [0.1, 0.15) is 5.82 Å². The highest BCUT2D eigenvalue weighted by molar-refractivity contribution is 5.67. The Morgan fingerprint density at radius 1 is 1.19 bits per heavy atom. The second-order valence-corrected chi connectivity index (χ2v) is 5.12. The summed E-state index contributed by atoms with van der Waals surface area (Å²) in [4.78, 5) is 18.7. The minimum absolute atomic E-state index is 0.0736. The number of benzene rings is 1. The third kappa shape index (κ3) is 2.99. The number of alkyl halides is 3. The molecule has 0 aliphatic carbocycles. The predicted octanol–water partition coefficient (Wildman–Crippen LogP) is 3.89. The number of hydrogen-bond donors (Lipinski definition) is 1. The van der Waals surface area contributed by atoms with Crippen LogP contribution in [0.3, 0.4) is 0 Å². The summed E-state index contributed by atoms with van der Waals surface area (Å²) < 4.78 is 39.3. The average molecular weight is 296 g/mol. The summed E-state index contributed by atoms with van der Waals surface area (Å²) in [6, 6.07) is 5.15. The zero-order valence-corrected chi connectivity index (χ0v) is 11.9. The molecule has 0 unspecified atom stereocenters. The van der Waals surface area contributed by atoms with Crippen LogP contribution < -0.4 is 5.56 Å². The lowest BCUT2D eigenvalue weighted by Crippen LogP contribution is -2.18. The van der Waals surface area contributed by atoms with E-state index in [4.69, 9.17) is 0 Å². The van der Waals surface area contributed by atoms with Gasteiger partial charge in [-0.1, -0.05) is 32.0 Å². The van der Waals surface area contributed by atoms with Crippen LogP contribution in [0.15, 0.2) is 29.1 Å². The molecule has 1 aromatic carbocycles. The van der Waals surface area contributed by atoms with E-state index in [1.807, 2.05) is 13.8 Å². The number of halogens is 3. The fourth-order valence-corrected chi connectivity index (χ4v) is 2.02. The molecule has 0 aliphatic rings. The maximum absolute atomic E-state index is 13.1. The fourth-order valence-electron chi connectivity index (χ4n) is 2.02. The Bertz CT molecular complexity index is 718. The Morgan fingerprint density at radius 3 is 2.38 bits per heavy atom. The third-order valence-corrected chi connectivity index (χ3v) is 3.20. The highest BCUT2D eigenvalue weighted by atomic mass is 19.4. The van der Waals surface area contributed by atoms with Gasteiger partial charge in [0.05, 0.1) is 11.3 Å². The maximum Gasteiger partial charge on any atom is 0.417 e. The van der Waals surface area contributed by atoms with Gasteiger partial charge in [0.15, 0.2) is 0 Å². The van der Waals surface area contributed by atoms with Crippen molar-refractivity contribution in [3.8, 4) is 11.3 Å². The monoisotopic (exact) mass is 296 g/mol. The number of aromatic nitrogens is 2. The van der Waals surface area contributed by atoms with Gasteiger partial charge >= 0.3 is 6.18 Å². The second-order valence-electron chi connectivity index (χ2n) is 5.12. The van der Waals surface area contributed by atoms with Crippen LogP contribution in [0, 0.1) is 6.92 Å². The Labute approximate surface area is 119 Å². The van der Waals surface area contributed by atoms with Crippen LogP contribution in [0.25, 0.3) is 11.3 Å². The first-order chi connectivity index (χ1) is 9.71. The zero-order valence-electron chi connectivity index (χ0n) is 11.9. The normalized spacial score (nSPS) is 12.0. The molecule has 0 spiro atoms. The Morgan fingerprint density at radius 2 is 1.81 bits per heavy atom. The molecule has 21 heavy (non-hydrogen) atoms. The predicted molar refractivity (Wildman–Crippen MR) is 74.1 cm³/mol. The number of nitrogens with one attached hydrogen (secondary N) is 1. The van der Waals surface area contributed by atoms with Gasteiger partial charge in [0.2, 0.25) is 0 Å². The van der Waals surface area contributed by atoms with Gasteiger partial charge in [0, 0.05) is 17.0 Å². The van der Waals surface area contributed by atoms with Crippen molar-refractivity contribution in [2.45, 2.75) is 32.9 Å². The van der Waals surface area contributed by atoms with Gasteiger partial charge in [-0.2, -0.15) is 13.2 Å². The first-order valence-corrected chi connectivity index (χ1v) is 6.49. The summed E-state index contributed by atoms with van der Waals surface area (Å²) in [5.41, 5.74) is -1.02. The van der Waals surface area contributed by atoms with E-state index in [1.54, 1.807) is 0 Å². The molecule has 0 atom stereocenters. The van der Waals surface area contributed by atoms with E-state index in [1.165, 1.54) is 25.1 Å². The van der Waals surface area contributed by atoms with Crippen molar-refractivity contribution >= 4 is 0 Å². The van der Waals surface area contributed by atoms with Crippen molar-refractivity contribution in [3.63, 3.8) is 0 Å². The lowest BCUT2D eigenvalue weighted by molar-refractivity contribution is -0.137. The van der Waals surface area contributed by atoms with Crippen molar-refractivity contribution < 1.29 is 13.2 Å². The third-order valence-electron chi connectivity index (χ3n) is 3.20. The van der Waals surface area contributed by atoms with Crippen LogP contribution in [0.1, 0.15) is 36.7 Å². The van der Waals surface area contributed by atoms with Crippen molar-refractivity contribution in [1.29, 1.82) is 0 Å². The second kappa shape index (κ2) is 5.35. The van der Waals surface area contributed by atoms with Crippen LogP contribution in [-0.4, -0.2) is 9.97 Å². The van der Waals surface area contributed by atoms with E-state index >= 15 is 0 Å². The molecule has 2 aromatic rings.